The Morgan fingerprint density at radius 3 is 2.67 bits per heavy atom. The minimum absolute atomic E-state index is 0.0322. The number of sulfonamides is 1. The van der Waals surface area contributed by atoms with Crippen molar-refractivity contribution in [3.05, 3.63) is 11.4 Å². The molecule has 0 aliphatic carbocycles. The summed E-state index contributed by atoms with van der Waals surface area (Å²) in [6, 6.07) is 1.46. The summed E-state index contributed by atoms with van der Waals surface area (Å²) in [5.41, 5.74) is 6.03. The van der Waals surface area contributed by atoms with Crippen LogP contribution in [0.15, 0.2) is 15.7 Å². The van der Waals surface area contributed by atoms with Crippen molar-refractivity contribution in [3.63, 3.8) is 0 Å². The van der Waals surface area contributed by atoms with E-state index >= 15 is 0 Å². The second-order valence-corrected chi connectivity index (χ2v) is 7.42. The second kappa shape index (κ2) is 7.11. The van der Waals surface area contributed by atoms with Gasteiger partial charge in [-0.25, -0.2) is 13.1 Å². The summed E-state index contributed by atoms with van der Waals surface area (Å²) in [6.45, 7) is 4.06. The summed E-state index contributed by atoms with van der Waals surface area (Å²) in [5.74, 6) is 0. The molecule has 6 heteroatoms. The van der Waals surface area contributed by atoms with Crippen LogP contribution in [0.4, 0.5) is 5.69 Å². The fourth-order valence-corrected chi connectivity index (χ4v) is 4.11. The molecule has 0 saturated carbocycles. The van der Waals surface area contributed by atoms with Crippen molar-refractivity contribution in [3.8, 4) is 0 Å². The maximum Gasteiger partial charge on any atom is 0.250 e. The van der Waals surface area contributed by atoms with Gasteiger partial charge >= 0.3 is 0 Å². The number of unbranched alkanes of at least 4 members (excludes halogenated alkanes) is 3. The van der Waals surface area contributed by atoms with Crippen LogP contribution in [-0.2, 0) is 10.0 Å². The van der Waals surface area contributed by atoms with Crippen molar-refractivity contribution in [2.75, 3.05) is 5.73 Å². The minimum Gasteiger partial charge on any atom is -0.398 e. The second-order valence-electron chi connectivity index (χ2n) is 4.57. The van der Waals surface area contributed by atoms with Gasteiger partial charge in [-0.1, -0.05) is 32.6 Å². The number of rotatable bonds is 8. The van der Waals surface area contributed by atoms with Gasteiger partial charge in [0, 0.05) is 17.1 Å². The first kappa shape index (κ1) is 15.5. The highest BCUT2D eigenvalue weighted by molar-refractivity contribution is 7.91. The first-order chi connectivity index (χ1) is 8.45. The number of hydrogen-bond acceptors (Lipinski definition) is 4. The summed E-state index contributed by atoms with van der Waals surface area (Å²) in [4.78, 5) is 0. The van der Waals surface area contributed by atoms with E-state index in [1.54, 1.807) is 5.38 Å². The van der Waals surface area contributed by atoms with Gasteiger partial charge in [-0.15, -0.1) is 11.3 Å². The lowest BCUT2D eigenvalue weighted by Crippen LogP contribution is -2.32. The number of nitrogen functional groups attached to an aromatic ring is 1. The number of nitrogens with two attached hydrogens (primary N) is 1. The van der Waals surface area contributed by atoms with E-state index < -0.39 is 10.0 Å². The minimum atomic E-state index is -3.39. The molecule has 1 heterocycles. The van der Waals surface area contributed by atoms with E-state index in [9.17, 15) is 8.42 Å². The highest BCUT2D eigenvalue weighted by Gasteiger charge is 2.18. The Kier molecular flexibility index (Phi) is 6.11. The Labute approximate surface area is 114 Å². The van der Waals surface area contributed by atoms with Crippen LogP contribution < -0.4 is 10.5 Å². The molecule has 0 bridgehead atoms. The van der Waals surface area contributed by atoms with E-state index in [4.69, 9.17) is 5.73 Å². The van der Waals surface area contributed by atoms with E-state index in [1.807, 2.05) is 6.92 Å². The molecule has 1 aromatic heterocycles. The largest absolute Gasteiger partial charge is 0.398 e. The van der Waals surface area contributed by atoms with Gasteiger partial charge in [0.2, 0.25) is 10.0 Å². The highest BCUT2D eigenvalue weighted by atomic mass is 32.2. The fraction of sp³-hybridized carbons (Fsp3) is 0.667. The molecule has 3 N–H and O–H groups in total. The number of hydrogen-bond donors (Lipinski definition) is 2. The lowest BCUT2D eigenvalue weighted by atomic mass is 10.1. The molecule has 0 spiro atoms. The van der Waals surface area contributed by atoms with Crippen molar-refractivity contribution in [1.82, 2.24) is 4.72 Å². The molecule has 18 heavy (non-hydrogen) atoms. The van der Waals surface area contributed by atoms with Gasteiger partial charge in [-0.3, -0.25) is 0 Å². The van der Waals surface area contributed by atoms with E-state index in [2.05, 4.69) is 11.6 Å². The molecule has 0 aliphatic rings. The van der Waals surface area contributed by atoms with Gasteiger partial charge in [0.05, 0.1) is 0 Å². The highest BCUT2D eigenvalue weighted by Crippen LogP contribution is 2.22. The van der Waals surface area contributed by atoms with Crippen LogP contribution in [0, 0.1) is 0 Å². The maximum absolute atomic E-state index is 12.0. The number of thiophene rings is 1. The van der Waals surface area contributed by atoms with Crippen LogP contribution in [0.3, 0.4) is 0 Å². The zero-order valence-electron chi connectivity index (χ0n) is 11.0. The third-order valence-electron chi connectivity index (χ3n) is 2.71. The van der Waals surface area contributed by atoms with Crippen molar-refractivity contribution < 1.29 is 8.42 Å². The SMILES string of the molecule is CCCCCCC(C)NS(=O)(=O)c1cc(N)cs1. The van der Waals surface area contributed by atoms with Gasteiger partial charge in [-0.2, -0.15) is 0 Å². The van der Waals surface area contributed by atoms with Gasteiger partial charge in [-0.05, 0) is 19.4 Å². The lowest BCUT2D eigenvalue weighted by molar-refractivity contribution is 0.523. The quantitative estimate of drug-likeness (QED) is 0.723. The van der Waals surface area contributed by atoms with Crippen LogP contribution in [0.5, 0.6) is 0 Å². The van der Waals surface area contributed by atoms with Gasteiger partial charge in [0.1, 0.15) is 4.21 Å². The molecule has 0 saturated heterocycles. The van der Waals surface area contributed by atoms with Crippen LogP contribution >= 0.6 is 11.3 Å². The molecule has 4 nitrogen and oxygen atoms in total. The summed E-state index contributed by atoms with van der Waals surface area (Å²) < 4.78 is 27.0. The molecule has 0 aliphatic heterocycles. The van der Waals surface area contributed by atoms with E-state index in [0.717, 1.165) is 30.6 Å². The van der Waals surface area contributed by atoms with E-state index in [1.165, 1.54) is 18.9 Å². The predicted octanol–water partition coefficient (Wildman–Crippen LogP) is 2.97. The van der Waals surface area contributed by atoms with Crippen LogP contribution in [0.1, 0.15) is 46.0 Å². The Bertz CT molecular complexity index is 454. The molecule has 1 atom stereocenters. The number of anilines is 1. The van der Waals surface area contributed by atoms with Crippen LogP contribution in [0.2, 0.25) is 0 Å². The van der Waals surface area contributed by atoms with E-state index in [0.29, 0.717) is 9.90 Å². The average molecular weight is 290 g/mol. The Morgan fingerprint density at radius 2 is 2.11 bits per heavy atom. The fourth-order valence-electron chi connectivity index (χ4n) is 1.73. The molecule has 0 amide bonds. The average Bonchev–Trinajstić information content (AvgIpc) is 2.71. The molecule has 104 valence electrons. The Morgan fingerprint density at radius 1 is 1.39 bits per heavy atom. The van der Waals surface area contributed by atoms with Gasteiger partial charge < -0.3 is 5.73 Å². The Hall–Kier alpha value is -0.590. The first-order valence-corrected chi connectivity index (χ1v) is 8.68. The zero-order chi connectivity index (χ0) is 13.6. The maximum atomic E-state index is 12.0. The molecule has 0 radical (unpaired) electrons. The molecule has 1 unspecified atom stereocenters. The van der Waals surface area contributed by atoms with Crippen LogP contribution in [0.25, 0.3) is 0 Å². The number of nitrogens with one attached hydrogen (secondary N) is 1. The predicted molar refractivity (Wildman–Crippen MR) is 77.3 cm³/mol. The summed E-state index contributed by atoms with van der Waals surface area (Å²) in [6.07, 6.45) is 5.49. The van der Waals surface area contributed by atoms with Crippen molar-refractivity contribution in [1.29, 1.82) is 0 Å². The Balaban J connectivity index is 2.45. The first-order valence-electron chi connectivity index (χ1n) is 6.32. The molecule has 1 rings (SSSR count). The molecular weight excluding hydrogens is 268 g/mol. The molecule has 1 aromatic rings. The zero-order valence-corrected chi connectivity index (χ0v) is 12.6. The van der Waals surface area contributed by atoms with Crippen molar-refractivity contribution >= 4 is 27.0 Å². The third-order valence-corrected chi connectivity index (χ3v) is 5.75. The van der Waals surface area contributed by atoms with Crippen LogP contribution in [-0.4, -0.2) is 14.5 Å². The van der Waals surface area contributed by atoms with Gasteiger partial charge in [0.25, 0.3) is 0 Å². The molecule has 0 fully saturated rings. The molecule has 0 aromatic carbocycles. The van der Waals surface area contributed by atoms with Gasteiger partial charge in [0.15, 0.2) is 0 Å². The summed E-state index contributed by atoms with van der Waals surface area (Å²) >= 11 is 1.15. The molecular formula is C12H22N2O2S2. The third kappa shape index (κ3) is 4.96. The van der Waals surface area contributed by atoms with Crippen molar-refractivity contribution in [2.45, 2.75) is 56.2 Å². The normalized spacial score (nSPS) is 13.7. The standard InChI is InChI=1S/C12H22N2O2S2/c1-3-4-5-6-7-10(2)14-18(15,16)12-8-11(13)9-17-12/h8-10,14H,3-7,13H2,1-2H3. The topological polar surface area (TPSA) is 72.2 Å². The lowest BCUT2D eigenvalue weighted by Gasteiger charge is -2.12. The summed E-state index contributed by atoms with van der Waals surface area (Å²) in [7, 11) is -3.39. The summed E-state index contributed by atoms with van der Waals surface area (Å²) in [5, 5.41) is 1.64. The smallest absolute Gasteiger partial charge is 0.250 e. The monoisotopic (exact) mass is 290 g/mol. The van der Waals surface area contributed by atoms with E-state index in [-0.39, 0.29) is 6.04 Å². The van der Waals surface area contributed by atoms with Crippen molar-refractivity contribution in [2.24, 2.45) is 0 Å².